The number of aromatic nitrogens is 1. The van der Waals surface area contributed by atoms with Gasteiger partial charge in [-0.3, -0.25) is 9.59 Å². The summed E-state index contributed by atoms with van der Waals surface area (Å²) in [6.45, 7) is 7.34. The summed E-state index contributed by atoms with van der Waals surface area (Å²) in [5.74, 6) is 0.402. The zero-order valence-corrected chi connectivity index (χ0v) is 19.3. The highest BCUT2D eigenvalue weighted by Crippen LogP contribution is 2.31. The fourth-order valence-electron chi connectivity index (χ4n) is 4.65. The summed E-state index contributed by atoms with van der Waals surface area (Å²) in [6.07, 6.45) is 4.94. The van der Waals surface area contributed by atoms with Crippen LogP contribution in [0, 0.1) is 5.92 Å². The van der Waals surface area contributed by atoms with E-state index in [4.69, 9.17) is 0 Å². The van der Waals surface area contributed by atoms with Gasteiger partial charge in [0.1, 0.15) is 5.54 Å². The number of H-pyrrole nitrogens is 1. The van der Waals surface area contributed by atoms with Crippen LogP contribution in [0.2, 0.25) is 0 Å². The van der Waals surface area contributed by atoms with Gasteiger partial charge in [-0.15, -0.1) is 0 Å². The minimum Gasteiger partial charge on any atom is -0.361 e. The fourth-order valence-corrected chi connectivity index (χ4v) is 4.65. The number of nitrogens with zero attached hydrogens (tertiary/aromatic N) is 1. The molecule has 4 rings (SSSR count). The molecule has 168 valence electrons. The lowest BCUT2D eigenvalue weighted by Crippen LogP contribution is -2.59. The number of aromatic amines is 1. The van der Waals surface area contributed by atoms with Gasteiger partial charge < -0.3 is 15.2 Å². The molecule has 5 nitrogen and oxygen atoms in total. The van der Waals surface area contributed by atoms with E-state index in [1.807, 2.05) is 54.4 Å². The first-order valence-electron chi connectivity index (χ1n) is 11.6. The van der Waals surface area contributed by atoms with Crippen LogP contribution in [0.4, 0.5) is 0 Å². The van der Waals surface area contributed by atoms with Crippen molar-refractivity contribution < 1.29 is 9.59 Å². The highest BCUT2D eigenvalue weighted by atomic mass is 16.2. The molecule has 0 radical (unpaired) electrons. The number of hydrogen-bond acceptors (Lipinski definition) is 2. The maximum atomic E-state index is 13.7. The van der Waals surface area contributed by atoms with Gasteiger partial charge in [-0.25, -0.2) is 0 Å². The maximum Gasteiger partial charge on any atom is 0.255 e. The molecule has 0 saturated heterocycles. The Morgan fingerprint density at radius 2 is 1.91 bits per heavy atom. The smallest absolute Gasteiger partial charge is 0.255 e. The van der Waals surface area contributed by atoms with Crippen molar-refractivity contribution in [1.29, 1.82) is 0 Å². The number of carbonyl (C=O) groups is 2. The van der Waals surface area contributed by atoms with Crippen molar-refractivity contribution in [1.82, 2.24) is 15.2 Å². The number of rotatable bonds is 7. The molecule has 0 unspecified atom stereocenters. The molecule has 0 fully saturated rings. The second kappa shape index (κ2) is 9.19. The van der Waals surface area contributed by atoms with E-state index in [1.165, 1.54) is 5.39 Å². The molecule has 0 aliphatic carbocycles. The average molecular weight is 432 g/mol. The first-order chi connectivity index (χ1) is 15.4. The molecule has 3 aromatic rings. The van der Waals surface area contributed by atoms with E-state index in [1.54, 1.807) is 0 Å². The zero-order chi connectivity index (χ0) is 22.7. The third-order valence-corrected chi connectivity index (χ3v) is 6.75. The van der Waals surface area contributed by atoms with Crippen LogP contribution < -0.4 is 5.32 Å². The Morgan fingerprint density at radius 3 is 2.72 bits per heavy atom. The first-order valence-corrected chi connectivity index (χ1v) is 11.6. The van der Waals surface area contributed by atoms with Gasteiger partial charge in [0.05, 0.1) is 0 Å². The van der Waals surface area contributed by atoms with Crippen LogP contribution in [-0.4, -0.2) is 40.3 Å². The Morgan fingerprint density at radius 1 is 1.16 bits per heavy atom. The molecule has 32 heavy (non-hydrogen) atoms. The molecule has 0 spiro atoms. The third-order valence-electron chi connectivity index (χ3n) is 6.75. The fraction of sp³-hybridized carbons (Fsp3) is 0.407. The Balaban J connectivity index is 1.63. The van der Waals surface area contributed by atoms with Crippen LogP contribution in [0.15, 0.2) is 54.7 Å². The largest absolute Gasteiger partial charge is 0.361 e. The van der Waals surface area contributed by atoms with E-state index in [0.29, 0.717) is 43.8 Å². The van der Waals surface area contributed by atoms with Crippen LogP contribution in [0.3, 0.4) is 0 Å². The molecule has 0 saturated carbocycles. The average Bonchev–Trinajstić information content (AvgIpc) is 3.16. The highest BCUT2D eigenvalue weighted by Gasteiger charge is 2.44. The molecule has 1 aromatic heterocycles. The van der Waals surface area contributed by atoms with Gasteiger partial charge in [0.2, 0.25) is 5.91 Å². The second-order valence-corrected chi connectivity index (χ2v) is 9.44. The molecule has 5 heteroatoms. The minimum atomic E-state index is -0.890. The van der Waals surface area contributed by atoms with Crippen molar-refractivity contribution in [2.45, 2.75) is 52.0 Å². The van der Waals surface area contributed by atoms with Crippen molar-refractivity contribution >= 4 is 22.7 Å². The van der Waals surface area contributed by atoms with Gasteiger partial charge in [-0.2, -0.15) is 0 Å². The number of hydrogen-bond donors (Lipinski definition) is 2. The van der Waals surface area contributed by atoms with Gasteiger partial charge in [0.15, 0.2) is 0 Å². The molecule has 2 amide bonds. The quantitative estimate of drug-likeness (QED) is 0.568. The normalized spacial score (nSPS) is 18.6. The molecule has 2 N–H and O–H groups in total. The topological polar surface area (TPSA) is 65.2 Å². The van der Waals surface area contributed by atoms with Crippen LogP contribution in [0.25, 0.3) is 10.9 Å². The SMILES string of the molecule is CC(C)CCNC(=O)[C@@]1(C)CCc2ccccc2C(=O)N1CCc1c[nH]c2ccccc12. The third kappa shape index (κ3) is 4.29. The van der Waals surface area contributed by atoms with Crippen LogP contribution in [0.5, 0.6) is 0 Å². The van der Waals surface area contributed by atoms with Gasteiger partial charge in [0, 0.05) is 35.8 Å². The van der Waals surface area contributed by atoms with Gasteiger partial charge in [-0.05, 0) is 61.8 Å². The standard InChI is InChI=1S/C27H33N3O2/c1-19(2)13-16-28-26(32)27(3)15-12-20-8-4-5-10-23(20)25(31)30(27)17-14-21-18-29-24-11-7-6-9-22(21)24/h4-11,18-19,29H,12-17H2,1-3H3,(H,28,32)/t27-/m1/s1. The molecule has 1 aliphatic heterocycles. The molecular weight excluding hydrogens is 398 g/mol. The van der Waals surface area contributed by atoms with Crippen LogP contribution in [0.1, 0.15) is 55.1 Å². The van der Waals surface area contributed by atoms with Crippen molar-refractivity contribution in [3.8, 4) is 0 Å². The Bertz CT molecular complexity index is 1120. The Kier molecular flexibility index (Phi) is 6.35. The summed E-state index contributed by atoms with van der Waals surface area (Å²) in [5, 5.41) is 4.28. The van der Waals surface area contributed by atoms with Gasteiger partial charge in [-0.1, -0.05) is 50.2 Å². The zero-order valence-electron chi connectivity index (χ0n) is 19.3. The summed E-state index contributed by atoms with van der Waals surface area (Å²) in [5.41, 5.74) is 3.09. The Hall–Kier alpha value is -3.08. The van der Waals surface area contributed by atoms with Crippen molar-refractivity contribution in [3.63, 3.8) is 0 Å². The molecule has 1 aliphatic rings. The van der Waals surface area contributed by atoms with Gasteiger partial charge >= 0.3 is 0 Å². The maximum absolute atomic E-state index is 13.7. The summed E-state index contributed by atoms with van der Waals surface area (Å²) < 4.78 is 0. The predicted octanol–water partition coefficient (Wildman–Crippen LogP) is 4.72. The van der Waals surface area contributed by atoms with Crippen molar-refractivity contribution in [2.75, 3.05) is 13.1 Å². The lowest BCUT2D eigenvalue weighted by Gasteiger charge is -2.39. The highest BCUT2D eigenvalue weighted by molar-refractivity contribution is 6.01. The van der Waals surface area contributed by atoms with E-state index < -0.39 is 5.54 Å². The van der Waals surface area contributed by atoms with Crippen LogP contribution >= 0.6 is 0 Å². The van der Waals surface area contributed by atoms with E-state index >= 15 is 0 Å². The van der Waals surface area contributed by atoms with Gasteiger partial charge in [0.25, 0.3) is 5.91 Å². The van der Waals surface area contributed by atoms with E-state index in [2.05, 4.69) is 36.3 Å². The Labute approximate surface area is 190 Å². The predicted molar refractivity (Wildman–Crippen MR) is 129 cm³/mol. The minimum absolute atomic E-state index is 0.0561. The number of para-hydroxylation sites is 1. The van der Waals surface area contributed by atoms with E-state index in [0.717, 1.165) is 23.1 Å². The number of nitrogens with one attached hydrogen (secondary N) is 2. The van der Waals surface area contributed by atoms with E-state index in [9.17, 15) is 9.59 Å². The number of benzene rings is 2. The molecular formula is C27H33N3O2. The second-order valence-electron chi connectivity index (χ2n) is 9.44. The molecule has 2 aromatic carbocycles. The number of carbonyl (C=O) groups excluding carboxylic acids is 2. The molecule has 1 atom stereocenters. The molecule has 2 heterocycles. The van der Waals surface area contributed by atoms with E-state index in [-0.39, 0.29) is 11.8 Å². The monoisotopic (exact) mass is 431 g/mol. The van der Waals surface area contributed by atoms with Crippen molar-refractivity contribution in [3.05, 3.63) is 71.4 Å². The lowest BCUT2D eigenvalue weighted by molar-refractivity contribution is -0.131. The number of amides is 2. The summed E-state index contributed by atoms with van der Waals surface area (Å²) in [7, 11) is 0. The number of aryl methyl sites for hydroxylation is 1. The first kappa shape index (κ1) is 22.1. The summed E-state index contributed by atoms with van der Waals surface area (Å²) in [6, 6.07) is 16.0. The van der Waals surface area contributed by atoms with Crippen molar-refractivity contribution in [2.24, 2.45) is 5.92 Å². The van der Waals surface area contributed by atoms with Crippen LogP contribution in [-0.2, 0) is 17.6 Å². The summed E-state index contributed by atoms with van der Waals surface area (Å²) >= 11 is 0. The molecule has 0 bridgehead atoms. The number of fused-ring (bicyclic) bond motifs is 2. The lowest BCUT2D eigenvalue weighted by atomic mass is 9.91. The summed E-state index contributed by atoms with van der Waals surface area (Å²) in [4.78, 5) is 32.2.